The molecule has 19 nitrogen and oxygen atoms in total. The number of cyclic esters (lactones) is 1. The highest BCUT2D eigenvalue weighted by Crippen LogP contribution is 2.40. The number of carboxylic acid groups (broad SMARTS) is 1. The lowest BCUT2D eigenvalue weighted by molar-refractivity contribution is -0.296. The van der Waals surface area contributed by atoms with Gasteiger partial charge in [-0.2, -0.15) is 18.3 Å². The molecule has 0 aromatic carbocycles. The molecule has 3 aliphatic rings. The summed E-state index contributed by atoms with van der Waals surface area (Å²) in [6.45, 7) is 14.7. The monoisotopic (exact) mass is 954 g/mol. The number of aliphatic carboxylic acids is 1. The smallest absolute Gasteiger partial charge is 0.475 e. The summed E-state index contributed by atoms with van der Waals surface area (Å²) in [6.07, 6.45) is -5.12. The van der Waals surface area contributed by atoms with Crippen molar-refractivity contribution < 1.29 is 76.2 Å². The Morgan fingerprint density at radius 3 is 2.30 bits per heavy atom. The number of Topliss-reactive ketones (excluding diaryl/α,β-unsaturated/α-hetero) is 1. The van der Waals surface area contributed by atoms with Gasteiger partial charge in [0, 0.05) is 54.7 Å². The summed E-state index contributed by atoms with van der Waals surface area (Å²) in [5.41, 5.74) is -1.84. The van der Waals surface area contributed by atoms with Crippen LogP contribution in [0.25, 0.3) is 5.82 Å². The number of carboxylic acids is 1. The number of nitrogens with zero attached hydrogens (tertiary/aromatic N) is 6. The molecule has 3 aliphatic heterocycles. The molecule has 3 fully saturated rings. The van der Waals surface area contributed by atoms with Crippen LogP contribution in [0.4, 0.5) is 13.2 Å². The molecule has 22 heteroatoms. The predicted molar refractivity (Wildman–Crippen MR) is 234 cm³/mol. The van der Waals surface area contributed by atoms with Crippen molar-refractivity contribution in [3.05, 3.63) is 42.4 Å². The Morgan fingerprint density at radius 1 is 1.07 bits per heavy atom. The summed E-state index contributed by atoms with van der Waals surface area (Å²) in [5.74, 6) is -7.47. The second-order valence-corrected chi connectivity index (χ2v) is 18.1. The molecule has 67 heavy (non-hydrogen) atoms. The van der Waals surface area contributed by atoms with Crippen molar-refractivity contribution in [1.29, 1.82) is 0 Å². The van der Waals surface area contributed by atoms with E-state index < -0.39 is 95.4 Å². The van der Waals surface area contributed by atoms with Gasteiger partial charge in [0.1, 0.15) is 36.0 Å². The number of aliphatic hydroxyl groups excluding tert-OH is 1. The van der Waals surface area contributed by atoms with Gasteiger partial charge in [0.25, 0.3) is 0 Å². The van der Waals surface area contributed by atoms with Crippen molar-refractivity contribution in [3.63, 3.8) is 0 Å². The number of fused-ring (bicyclic) bond motifs is 5. The Morgan fingerprint density at radius 2 is 1.75 bits per heavy atom. The van der Waals surface area contributed by atoms with E-state index in [1.807, 2.05) is 38.9 Å². The number of oxime groups is 1. The first-order valence-electron chi connectivity index (χ1n) is 22.1. The number of hydrogen-bond acceptors (Lipinski definition) is 16. The van der Waals surface area contributed by atoms with Crippen molar-refractivity contribution in [2.45, 2.75) is 148 Å². The summed E-state index contributed by atoms with van der Waals surface area (Å²) in [7, 11) is 3.73. The van der Waals surface area contributed by atoms with Gasteiger partial charge in [-0.3, -0.25) is 14.4 Å². The molecule has 2 unspecified atom stereocenters. The number of ketones is 1. The number of ether oxygens (including phenoxy) is 5. The van der Waals surface area contributed by atoms with Crippen LogP contribution in [-0.4, -0.2) is 158 Å². The first kappa shape index (κ1) is 54.9. The van der Waals surface area contributed by atoms with Gasteiger partial charge in [-0.25, -0.2) is 19.5 Å². The van der Waals surface area contributed by atoms with E-state index in [9.17, 15) is 37.8 Å². The van der Waals surface area contributed by atoms with Gasteiger partial charge in [0.05, 0.1) is 37.1 Å². The molecule has 0 saturated carbocycles. The first-order chi connectivity index (χ1) is 31.2. The van der Waals surface area contributed by atoms with Crippen molar-refractivity contribution in [2.24, 2.45) is 33.8 Å². The molecule has 374 valence electrons. The Kier molecular flexibility index (Phi) is 18.9. The highest BCUT2D eigenvalue weighted by atomic mass is 19.4. The number of aliphatic imine (C=N–C) groups is 1. The Bertz CT molecular complexity index is 2050. The molecule has 2 bridgehead atoms. The first-order valence-corrected chi connectivity index (χ1v) is 22.1. The van der Waals surface area contributed by atoms with Crippen LogP contribution >= 0.6 is 0 Å². The number of aliphatic hydroxyl groups is 2. The fourth-order valence-electron chi connectivity index (χ4n) is 8.85. The van der Waals surface area contributed by atoms with Gasteiger partial charge in [-0.1, -0.05) is 38.9 Å². The van der Waals surface area contributed by atoms with Crippen LogP contribution in [0.2, 0.25) is 0 Å². The van der Waals surface area contributed by atoms with Crippen molar-refractivity contribution >= 4 is 35.1 Å². The number of esters is 1. The molecular formula is C45H65F3N6O13. The highest BCUT2D eigenvalue weighted by Gasteiger charge is 2.53. The lowest BCUT2D eigenvalue weighted by atomic mass is 9.73. The Balaban J connectivity index is 0.00000129. The van der Waals surface area contributed by atoms with Crippen LogP contribution < -0.4 is 0 Å². The van der Waals surface area contributed by atoms with Crippen LogP contribution in [-0.2, 0) is 54.3 Å². The zero-order valence-electron chi connectivity index (χ0n) is 39.8. The van der Waals surface area contributed by atoms with Crippen LogP contribution in [0.5, 0.6) is 0 Å². The van der Waals surface area contributed by atoms with Gasteiger partial charge < -0.3 is 48.7 Å². The average Bonchev–Trinajstić information content (AvgIpc) is 3.80. The van der Waals surface area contributed by atoms with E-state index in [1.165, 1.54) is 20.8 Å². The number of pyridine rings is 1. The summed E-state index contributed by atoms with van der Waals surface area (Å²) in [4.78, 5) is 66.9. The van der Waals surface area contributed by atoms with E-state index in [4.69, 9.17) is 38.4 Å². The Labute approximate surface area is 388 Å². The number of aromatic nitrogens is 3. The highest BCUT2D eigenvalue weighted by molar-refractivity contribution is 6.00. The number of carbonyl (C=O) groups excluding carboxylic acids is 3. The minimum absolute atomic E-state index is 0.0440. The van der Waals surface area contributed by atoms with E-state index >= 15 is 0 Å². The number of amides is 1. The van der Waals surface area contributed by atoms with Gasteiger partial charge in [0.15, 0.2) is 17.9 Å². The quantitative estimate of drug-likeness (QED) is 0.189. The Hall–Kier alpha value is -4.71. The molecule has 0 radical (unpaired) electrons. The third-order valence-corrected chi connectivity index (χ3v) is 12.3. The molecule has 2 aromatic heterocycles. The van der Waals surface area contributed by atoms with Crippen molar-refractivity contribution in [3.8, 4) is 5.82 Å². The number of rotatable bonds is 8. The number of hydrogen-bond donors (Lipinski definition) is 3. The summed E-state index contributed by atoms with van der Waals surface area (Å²) in [6, 6.07) is 5.13. The van der Waals surface area contributed by atoms with Gasteiger partial charge in [-0.05, 0) is 79.1 Å². The average molecular weight is 955 g/mol. The predicted octanol–water partition coefficient (Wildman–Crippen LogP) is 4.34. The minimum atomic E-state index is -5.08. The van der Waals surface area contributed by atoms with Crippen LogP contribution in [0.1, 0.15) is 87.1 Å². The molecule has 1 amide bonds. The maximum atomic E-state index is 14.5. The van der Waals surface area contributed by atoms with E-state index in [0.717, 1.165) is 5.56 Å². The molecule has 0 spiro atoms. The zero-order chi connectivity index (χ0) is 50.2. The maximum Gasteiger partial charge on any atom is 0.490 e. The number of carbonyl (C=O) groups is 4. The van der Waals surface area contributed by atoms with Crippen LogP contribution in [0.15, 0.2) is 46.9 Å². The fraction of sp³-hybridized carbons (Fsp3) is 0.689. The number of alkyl halides is 3. The van der Waals surface area contributed by atoms with Crippen molar-refractivity contribution in [1.82, 2.24) is 19.7 Å². The lowest BCUT2D eigenvalue weighted by Gasteiger charge is -2.47. The summed E-state index contributed by atoms with van der Waals surface area (Å²) < 4.78 is 65.8. The van der Waals surface area contributed by atoms with Crippen LogP contribution in [0.3, 0.4) is 0 Å². The second kappa shape index (κ2) is 23.1. The molecule has 5 rings (SSSR count). The number of halogens is 3. The molecule has 5 heterocycles. The SMILES string of the molecule is CC[C@H]1OC(=O)[C@H](C)C(=O)[C@H](C)[C@@H](O[C@@H]2O[C@H](C)C[C@H](N(C)C)[C@H]2O)C2(C)C[C@@H](C)C(=NC(C)=O)[C@H](C)C(OC/C(=N\OCc3ccc(-n4cccn4)nc3)CO2)[C@]1(C)O.O=C(O)C(F)(F)F. The van der Waals surface area contributed by atoms with Gasteiger partial charge >= 0.3 is 18.1 Å². The molecule has 3 N–H and O–H groups in total. The molecular weight excluding hydrogens is 890 g/mol. The summed E-state index contributed by atoms with van der Waals surface area (Å²) in [5, 5.41) is 39.9. The third-order valence-electron chi connectivity index (χ3n) is 12.3. The van der Waals surface area contributed by atoms with E-state index in [2.05, 4.69) is 20.2 Å². The van der Waals surface area contributed by atoms with E-state index in [0.29, 0.717) is 18.0 Å². The maximum absolute atomic E-state index is 14.5. The van der Waals surface area contributed by atoms with Gasteiger partial charge in [-0.15, -0.1) is 0 Å². The third kappa shape index (κ3) is 13.9. The fourth-order valence-corrected chi connectivity index (χ4v) is 8.85. The van der Waals surface area contributed by atoms with Crippen molar-refractivity contribution in [2.75, 3.05) is 27.3 Å². The molecule has 3 saturated heterocycles. The molecule has 0 aliphatic carbocycles. The summed E-state index contributed by atoms with van der Waals surface area (Å²) >= 11 is 0. The topological polar surface area (TPSA) is 243 Å². The number of likely N-dealkylation sites (N-methyl/N-ethyl adjacent to an activating group) is 1. The molecule has 2 aromatic rings. The second-order valence-electron chi connectivity index (χ2n) is 18.1. The standard InChI is InChI=1S/C43H64N6O11.C2HF3O2/c1-12-33-43(9,54)39-26(4)35(46-29(7)50)24(2)19-42(8,56-23-31(22-55-39)47-57-21-30-14-15-34(44-20-30)49-17-13-16-45-49)38(27(5)36(51)28(6)40(53)59-33)60-41-37(52)32(48(10)11)18-25(3)58-41;3-2(4,5)1(6)7/h13-17,20,24-28,32-33,37-39,41,52,54H,12,18-19,21-23H2,1-11H3;(H,6,7)/b46-35?,47-31+;/t24-,25-,26+,27+,28-,32+,33-,37-,38-,39?,41+,42?,43-;/m1./s1. The largest absolute Gasteiger partial charge is 0.490 e. The van der Waals surface area contributed by atoms with E-state index in [1.54, 1.807) is 63.1 Å². The zero-order valence-corrected chi connectivity index (χ0v) is 39.8. The lowest BCUT2D eigenvalue weighted by Crippen LogP contribution is -2.60. The van der Waals surface area contributed by atoms with E-state index in [-0.39, 0.29) is 50.5 Å². The normalized spacial score (nSPS) is 34.9. The minimum Gasteiger partial charge on any atom is -0.475 e. The van der Waals surface area contributed by atoms with Gasteiger partial charge in [0.2, 0.25) is 5.91 Å². The molecule has 13 atom stereocenters. The van der Waals surface area contributed by atoms with Crippen LogP contribution in [0, 0.1) is 23.7 Å².